The second kappa shape index (κ2) is 5.50. The summed E-state index contributed by atoms with van der Waals surface area (Å²) in [6.45, 7) is 1.95. The molecular formula is C14H12Cl3N. The van der Waals surface area contributed by atoms with Gasteiger partial charge in [0.15, 0.2) is 0 Å². The molecule has 18 heavy (non-hydrogen) atoms. The highest BCUT2D eigenvalue weighted by Crippen LogP contribution is 2.31. The third-order valence-corrected chi connectivity index (χ3v) is 4.11. The molecule has 0 heterocycles. The van der Waals surface area contributed by atoms with Gasteiger partial charge in [0.1, 0.15) is 0 Å². The van der Waals surface area contributed by atoms with Crippen LogP contribution in [0.3, 0.4) is 0 Å². The third-order valence-electron chi connectivity index (χ3n) is 2.86. The van der Waals surface area contributed by atoms with Crippen molar-refractivity contribution in [3.63, 3.8) is 0 Å². The predicted molar refractivity (Wildman–Crippen MR) is 78.7 cm³/mol. The van der Waals surface area contributed by atoms with Crippen molar-refractivity contribution >= 4 is 34.8 Å². The summed E-state index contributed by atoms with van der Waals surface area (Å²) < 4.78 is 0. The number of rotatable bonds is 2. The summed E-state index contributed by atoms with van der Waals surface area (Å²) in [4.78, 5) is 0. The Morgan fingerprint density at radius 1 is 1.00 bits per heavy atom. The van der Waals surface area contributed by atoms with Crippen molar-refractivity contribution in [1.82, 2.24) is 0 Å². The first-order valence-electron chi connectivity index (χ1n) is 5.46. The molecule has 0 amide bonds. The van der Waals surface area contributed by atoms with E-state index in [1.165, 1.54) is 0 Å². The lowest BCUT2D eigenvalue weighted by Crippen LogP contribution is -2.12. The van der Waals surface area contributed by atoms with E-state index in [4.69, 9.17) is 40.5 Å². The number of hydrogen-bond donors (Lipinski definition) is 1. The van der Waals surface area contributed by atoms with Gasteiger partial charge in [-0.2, -0.15) is 0 Å². The fourth-order valence-electron chi connectivity index (χ4n) is 1.80. The monoisotopic (exact) mass is 299 g/mol. The Morgan fingerprint density at radius 3 is 2.39 bits per heavy atom. The summed E-state index contributed by atoms with van der Waals surface area (Å²) in [6.07, 6.45) is 0. The van der Waals surface area contributed by atoms with E-state index in [9.17, 15) is 0 Å². The highest BCUT2D eigenvalue weighted by atomic mass is 35.5. The van der Waals surface area contributed by atoms with E-state index in [2.05, 4.69) is 0 Å². The lowest BCUT2D eigenvalue weighted by atomic mass is 9.98. The van der Waals surface area contributed by atoms with Gasteiger partial charge >= 0.3 is 0 Å². The Bertz CT molecular complexity index is 581. The van der Waals surface area contributed by atoms with Gasteiger partial charge in [-0.05, 0) is 35.7 Å². The zero-order valence-corrected chi connectivity index (χ0v) is 12.0. The van der Waals surface area contributed by atoms with Crippen molar-refractivity contribution in [2.24, 2.45) is 5.73 Å². The fourth-order valence-corrected chi connectivity index (χ4v) is 2.35. The van der Waals surface area contributed by atoms with Crippen LogP contribution in [0.25, 0.3) is 0 Å². The van der Waals surface area contributed by atoms with Gasteiger partial charge in [-0.3, -0.25) is 0 Å². The molecule has 0 fully saturated rings. The van der Waals surface area contributed by atoms with Gasteiger partial charge in [0.25, 0.3) is 0 Å². The van der Waals surface area contributed by atoms with Crippen LogP contribution in [0.15, 0.2) is 36.4 Å². The molecule has 2 N–H and O–H groups in total. The van der Waals surface area contributed by atoms with Gasteiger partial charge in [0.2, 0.25) is 0 Å². The maximum absolute atomic E-state index is 6.27. The Balaban J connectivity index is 2.44. The molecule has 4 heteroatoms. The highest BCUT2D eigenvalue weighted by Gasteiger charge is 2.14. The molecule has 1 atom stereocenters. The lowest BCUT2D eigenvalue weighted by molar-refractivity contribution is 0.870. The summed E-state index contributed by atoms with van der Waals surface area (Å²) in [5, 5.41) is 1.70. The topological polar surface area (TPSA) is 26.0 Å². The first kappa shape index (κ1) is 13.7. The van der Waals surface area contributed by atoms with Crippen LogP contribution in [0.5, 0.6) is 0 Å². The molecular weight excluding hydrogens is 289 g/mol. The minimum Gasteiger partial charge on any atom is -0.320 e. The molecule has 0 saturated heterocycles. The van der Waals surface area contributed by atoms with Crippen LogP contribution in [-0.4, -0.2) is 0 Å². The smallest absolute Gasteiger partial charge is 0.0595 e. The van der Waals surface area contributed by atoms with Gasteiger partial charge in [-0.25, -0.2) is 0 Å². The normalized spacial score (nSPS) is 12.5. The number of aryl methyl sites for hydroxylation is 1. The van der Waals surface area contributed by atoms with Crippen LogP contribution < -0.4 is 5.73 Å². The standard InChI is InChI=1S/C14H12Cl3N/c1-8-3-2-4-10(13(8)17)14(18)9-5-6-11(15)12(16)7-9/h2-7,14H,18H2,1H3. The molecule has 2 aromatic carbocycles. The van der Waals surface area contributed by atoms with Gasteiger partial charge in [0.05, 0.1) is 16.1 Å². The molecule has 0 bridgehead atoms. The van der Waals surface area contributed by atoms with Crippen molar-refractivity contribution in [1.29, 1.82) is 0 Å². The number of halogens is 3. The lowest BCUT2D eigenvalue weighted by Gasteiger charge is -2.16. The molecule has 1 nitrogen and oxygen atoms in total. The van der Waals surface area contributed by atoms with Crippen LogP contribution in [0.4, 0.5) is 0 Å². The molecule has 94 valence electrons. The first-order chi connectivity index (χ1) is 8.50. The minimum absolute atomic E-state index is 0.313. The Morgan fingerprint density at radius 2 is 1.72 bits per heavy atom. The average Bonchev–Trinajstić information content (AvgIpc) is 2.35. The van der Waals surface area contributed by atoms with Gasteiger partial charge < -0.3 is 5.73 Å². The van der Waals surface area contributed by atoms with E-state index in [-0.39, 0.29) is 6.04 Å². The second-order valence-electron chi connectivity index (χ2n) is 4.13. The molecule has 0 aliphatic carbocycles. The van der Waals surface area contributed by atoms with Gasteiger partial charge in [-0.15, -0.1) is 0 Å². The van der Waals surface area contributed by atoms with Crippen molar-refractivity contribution in [2.75, 3.05) is 0 Å². The minimum atomic E-state index is -0.313. The fraction of sp³-hybridized carbons (Fsp3) is 0.143. The average molecular weight is 301 g/mol. The van der Waals surface area contributed by atoms with Crippen LogP contribution in [0, 0.1) is 6.92 Å². The molecule has 2 aromatic rings. The molecule has 0 aliphatic heterocycles. The van der Waals surface area contributed by atoms with E-state index in [0.29, 0.717) is 15.1 Å². The molecule has 0 aromatic heterocycles. The van der Waals surface area contributed by atoms with Crippen LogP contribution in [0.1, 0.15) is 22.7 Å². The Hall–Kier alpha value is -0.730. The molecule has 0 spiro atoms. The van der Waals surface area contributed by atoms with E-state index in [0.717, 1.165) is 16.7 Å². The number of nitrogens with two attached hydrogens (primary N) is 1. The third kappa shape index (κ3) is 2.65. The van der Waals surface area contributed by atoms with Gasteiger partial charge in [0, 0.05) is 5.02 Å². The van der Waals surface area contributed by atoms with Crippen molar-refractivity contribution in [3.8, 4) is 0 Å². The number of hydrogen-bond acceptors (Lipinski definition) is 1. The quantitative estimate of drug-likeness (QED) is 0.829. The highest BCUT2D eigenvalue weighted by molar-refractivity contribution is 6.42. The summed E-state index contributed by atoms with van der Waals surface area (Å²) in [5.74, 6) is 0. The van der Waals surface area contributed by atoms with E-state index >= 15 is 0 Å². The molecule has 2 rings (SSSR count). The second-order valence-corrected chi connectivity index (χ2v) is 5.32. The summed E-state index contributed by atoms with van der Waals surface area (Å²) in [5.41, 5.74) is 8.99. The van der Waals surface area contributed by atoms with Gasteiger partial charge in [-0.1, -0.05) is 59.1 Å². The SMILES string of the molecule is Cc1cccc(C(N)c2ccc(Cl)c(Cl)c2)c1Cl. The number of benzene rings is 2. The Labute approximate surface area is 121 Å². The molecule has 0 aliphatic rings. The van der Waals surface area contributed by atoms with E-state index < -0.39 is 0 Å². The molecule has 0 saturated carbocycles. The predicted octanol–water partition coefficient (Wildman–Crippen LogP) is 5.00. The van der Waals surface area contributed by atoms with E-state index in [1.807, 2.05) is 31.2 Å². The Kier molecular flexibility index (Phi) is 4.18. The molecule has 0 radical (unpaired) electrons. The largest absolute Gasteiger partial charge is 0.320 e. The first-order valence-corrected chi connectivity index (χ1v) is 6.59. The van der Waals surface area contributed by atoms with Crippen molar-refractivity contribution in [2.45, 2.75) is 13.0 Å². The maximum atomic E-state index is 6.27. The zero-order chi connectivity index (χ0) is 13.3. The molecule has 1 unspecified atom stereocenters. The van der Waals surface area contributed by atoms with Crippen LogP contribution in [0.2, 0.25) is 15.1 Å². The van der Waals surface area contributed by atoms with Crippen molar-refractivity contribution in [3.05, 3.63) is 68.2 Å². The van der Waals surface area contributed by atoms with E-state index in [1.54, 1.807) is 12.1 Å². The van der Waals surface area contributed by atoms with Crippen LogP contribution in [-0.2, 0) is 0 Å². The van der Waals surface area contributed by atoms with Crippen LogP contribution >= 0.6 is 34.8 Å². The maximum Gasteiger partial charge on any atom is 0.0595 e. The van der Waals surface area contributed by atoms with Crippen molar-refractivity contribution < 1.29 is 0 Å². The summed E-state index contributed by atoms with van der Waals surface area (Å²) in [6, 6.07) is 10.9. The summed E-state index contributed by atoms with van der Waals surface area (Å²) >= 11 is 18.2. The summed E-state index contributed by atoms with van der Waals surface area (Å²) in [7, 11) is 0. The zero-order valence-electron chi connectivity index (χ0n) is 9.75.